The number of amides is 2. The topological polar surface area (TPSA) is 74.3 Å². The van der Waals surface area contributed by atoms with E-state index in [1.54, 1.807) is 36.4 Å². The van der Waals surface area contributed by atoms with Crippen LogP contribution in [0.1, 0.15) is 22.5 Å². The third-order valence-electron chi connectivity index (χ3n) is 4.45. The molecule has 0 atom stereocenters. The highest BCUT2D eigenvalue weighted by atomic mass is 32.2. The number of aryl methyl sites for hydroxylation is 1. The van der Waals surface area contributed by atoms with Crippen LogP contribution in [0.15, 0.2) is 80.0 Å². The van der Waals surface area contributed by atoms with Gasteiger partial charge in [0.25, 0.3) is 11.1 Å². The number of carbonyl (C=O) groups excluding carboxylic acids is 2. The number of hydrogen-bond acceptors (Lipinski definition) is 6. The zero-order valence-electron chi connectivity index (χ0n) is 16.0. The number of imide groups is 1. The summed E-state index contributed by atoms with van der Waals surface area (Å²) in [5.74, 6) is 0.120. The standard InChI is InChI=1S/C23H16N2O3S2/c1-15-6-9-19(10-7-15)29-21-11-8-18(28-21)12-20-22(26)25(23(27)30-20)14-17-5-3-2-4-16(17)13-24/h2-12H,14H2,1H3/b20-12-. The summed E-state index contributed by atoms with van der Waals surface area (Å²) in [5.41, 5.74) is 2.27. The SMILES string of the molecule is Cc1ccc(Sc2ccc(/C=C3\SC(=O)N(Cc4ccccc4C#N)C3=O)o2)cc1. The van der Waals surface area contributed by atoms with Crippen molar-refractivity contribution >= 4 is 40.7 Å². The lowest BCUT2D eigenvalue weighted by molar-refractivity contribution is -0.123. The Bertz CT molecular complexity index is 1190. The monoisotopic (exact) mass is 432 g/mol. The van der Waals surface area contributed by atoms with Gasteiger partial charge in [0.2, 0.25) is 0 Å². The van der Waals surface area contributed by atoms with Crippen LogP contribution >= 0.6 is 23.5 Å². The number of nitrogens with zero attached hydrogens (tertiary/aromatic N) is 2. The van der Waals surface area contributed by atoms with Gasteiger partial charge in [0.1, 0.15) is 5.76 Å². The predicted octanol–water partition coefficient (Wildman–Crippen LogP) is 5.85. The highest BCUT2D eigenvalue weighted by Gasteiger charge is 2.35. The number of thioether (sulfide) groups is 1. The van der Waals surface area contributed by atoms with Crippen LogP contribution in [0.3, 0.4) is 0 Å². The zero-order valence-corrected chi connectivity index (χ0v) is 17.6. The summed E-state index contributed by atoms with van der Waals surface area (Å²) in [5, 5.41) is 9.56. The normalized spacial score (nSPS) is 15.1. The van der Waals surface area contributed by atoms with E-state index in [0.29, 0.717) is 26.9 Å². The smallest absolute Gasteiger partial charge is 0.293 e. The van der Waals surface area contributed by atoms with Crippen LogP contribution in [0, 0.1) is 18.3 Å². The van der Waals surface area contributed by atoms with Gasteiger partial charge in [-0.25, -0.2) is 0 Å². The Morgan fingerprint density at radius 2 is 1.87 bits per heavy atom. The number of nitriles is 1. The van der Waals surface area contributed by atoms with Crippen molar-refractivity contribution < 1.29 is 14.0 Å². The molecule has 0 aliphatic carbocycles. The van der Waals surface area contributed by atoms with Gasteiger partial charge in [-0.15, -0.1) is 0 Å². The lowest BCUT2D eigenvalue weighted by Crippen LogP contribution is -2.27. The highest BCUT2D eigenvalue weighted by molar-refractivity contribution is 8.18. The first kappa shape index (κ1) is 20.1. The fourth-order valence-electron chi connectivity index (χ4n) is 2.89. The van der Waals surface area contributed by atoms with Crippen molar-refractivity contribution in [2.45, 2.75) is 23.5 Å². The van der Waals surface area contributed by atoms with Gasteiger partial charge >= 0.3 is 0 Å². The number of furan rings is 1. The molecule has 30 heavy (non-hydrogen) atoms. The summed E-state index contributed by atoms with van der Waals surface area (Å²) >= 11 is 2.36. The van der Waals surface area contributed by atoms with E-state index in [-0.39, 0.29) is 17.7 Å². The Hall–Kier alpha value is -3.21. The molecule has 0 unspecified atom stereocenters. The molecule has 2 amide bonds. The third-order valence-corrected chi connectivity index (χ3v) is 6.29. The second-order valence-corrected chi connectivity index (χ2v) is 8.68. The fraction of sp³-hybridized carbons (Fsp3) is 0.0870. The molecule has 148 valence electrons. The second-order valence-electron chi connectivity index (χ2n) is 6.61. The maximum Gasteiger partial charge on any atom is 0.293 e. The van der Waals surface area contributed by atoms with E-state index in [1.165, 1.54) is 17.3 Å². The number of hydrogen-bond donors (Lipinski definition) is 0. The Labute approximate surface area is 182 Å². The van der Waals surface area contributed by atoms with E-state index in [0.717, 1.165) is 21.6 Å². The summed E-state index contributed by atoms with van der Waals surface area (Å²) < 4.78 is 5.80. The van der Waals surface area contributed by atoms with E-state index in [2.05, 4.69) is 6.07 Å². The molecule has 1 saturated heterocycles. The maximum absolute atomic E-state index is 12.7. The number of carbonyl (C=O) groups is 2. The molecular formula is C23H16N2O3S2. The molecule has 0 radical (unpaired) electrons. The van der Waals surface area contributed by atoms with E-state index >= 15 is 0 Å². The molecule has 5 nitrogen and oxygen atoms in total. The van der Waals surface area contributed by atoms with Crippen LogP contribution in [-0.4, -0.2) is 16.0 Å². The quantitative estimate of drug-likeness (QED) is 0.471. The van der Waals surface area contributed by atoms with Gasteiger partial charge < -0.3 is 4.42 Å². The molecular weight excluding hydrogens is 416 g/mol. The maximum atomic E-state index is 12.7. The van der Waals surface area contributed by atoms with Gasteiger partial charge in [-0.1, -0.05) is 47.7 Å². The van der Waals surface area contributed by atoms with Crippen LogP contribution < -0.4 is 0 Å². The Balaban J connectivity index is 1.49. The molecule has 2 aromatic carbocycles. The van der Waals surface area contributed by atoms with Crippen molar-refractivity contribution in [1.29, 1.82) is 5.26 Å². The Morgan fingerprint density at radius 1 is 1.10 bits per heavy atom. The third kappa shape index (κ3) is 4.35. The van der Waals surface area contributed by atoms with Crippen LogP contribution in [0.25, 0.3) is 6.08 Å². The lowest BCUT2D eigenvalue weighted by Gasteiger charge is -2.13. The molecule has 0 spiro atoms. The first-order chi connectivity index (χ1) is 14.5. The van der Waals surface area contributed by atoms with Crippen LogP contribution in [0.4, 0.5) is 4.79 Å². The Kier molecular flexibility index (Phi) is 5.79. The van der Waals surface area contributed by atoms with E-state index in [1.807, 2.05) is 37.3 Å². The molecule has 1 fully saturated rings. The molecule has 0 bridgehead atoms. The summed E-state index contributed by atoms with van der Waals surface area (Å²) in [6.45, 7) is 2.10. The zero-order chi connectivity index (χ0) is 21.1. The minimum Gasteiger partial charge on any atom is -0.450 e. The molecule has 3 aromatic rings. The average Bonchev–Trinajstić information content (AvgIpc) is 3.29. The molecule has 1 aromatic heterocycles. The molecule has 1 aliphatic rings. The van der Waals surface area contributed by atoms with Gasteiger partial charge in [-0.2, -0.15) is 5.26 Å². The second kappa shape index (κ2) is 8.66. The van der Waals surface area contributed by atoms with Gasteiger partial charge in [0.15, 0.2) is 5.09 Å². The number of rotatable bonds is 5. The van der Waals surface area contributed by atoms with Crippen LogP contribution in [-0.2, 0) is 11.3 Å². The minimum atomic E-state index is -0.387. The summed E-state index contributed by atoms with van der Waals surface area (Å²) in [4.78, 5) is 27.6. The first-order valence-electron chi connectivity index (χ1n) is 9.11. The van der Waals surface area contributed by atoms with Crippen LogP contribution in [0.5, 0.6) is 0 Å². The van der Waals surface area contributed by atoms with E-state index in [9.17, 15) is 14.9 Å². The van der Waals surface area contributed by atoms with Gasteiger partial charge in [0, 0.05) is 11.0 Å². The van der Waals surface area contributed by atoms with Gasteiger partial charge in [-0.05, 0) is 54.6 Å². The number of benzene rings is 2. The largest absolute Gasteiger partial charge is 0.450 e. The molecule has 1 aliphatic heterocycles. The van der Waals surface area contributed by atoms with Crippen molar-refractivity contribution in [2.75, 3.05) is 0 Å². The van der Waals surface area contributed by atoms with E-state index < -0.39 is 0 Å². The predicted molar refractivity (Wildman–Crippen MR) is 117 cm³/mol. The summed E-state index contributed by atoms with van der Waals surface area (Å²) in [6, 6.07) is 20.7. The Morgan fingerprint density at radius 3 is 2.63 bits per heavy atom. The molecule has 0 N–H and O–H groups in total. The van der Waals surface area contributed by atoms with E-state index in [4.69, 9.17) is 4.42 Å². The molecule has 2 heterocycles. The highest BCUT2D eigenvalue weighted by Crippen LogP contribution is 2.35. The van der Waals surface area contributed by atoms with Gasteiger partial charge in [0.05, 0.1) is 23.1 Å². The molecule has 4 rings (SSSR count). The van der Waals surface area contributed by atoms with Crippen molar-refractivity contribution in [2.24, 2.45) is 0 Å². The van der Waals surface area contributed by atoms with Crippen molar-refractivity contribution in [3.8, 4) is 6.07 Å². The molecule has 0 saturated carbocycles. The molecule has 7 heteroatoms. The lowest BCUT2D eigenvalue weighted by atomic mass is 10.1. The first-order valence-corrected chi connectivity index (χ1v) is 10.7. The fourth-order valence-corrected chi connectivity index (χ4v) is 4.49. The van der Waals surface area contributed by atoms with Crippen molar-refractivity contribution in [3.63, 3.8) is 0 Å². The van der Waals surface area contributed by atoms with Crippen molar-refractivity contribution in [3.05, 3.63) is 88.0 Å². The summed E-state index contributed by atoms with van der Waals surface area (Å²) in [7, 11) is 0. The van der Waals surface area contributed by atoms with Crippen molar-refractivity contribution in [1.82, 2.24) is 4.90 Å². The average molecular weight is 433 g/mol. The summed E-state index contributed by atoms with van der Waals surface area (Å²) in [6.07, 6.45) is 1.58. The minimum absolute atomic E-state index is 0.0679. The van der Waals surface area contributed by atoms with Crippen LogP contribution in [0.2, 0.25) is 0 Å². The van der Waals surface area contributed by atoms with Gasteiger partial charge in [-0.3, -0.25) is 14.5 Å².